The molecule has 0 saturated heterocycles. The van der Waals surface area contributed by atoms with Crippen molar-refractivity contribution in [1.29, 1.82) is 0 Å². The second-order valence-electron chi connectivity index (χ2n) is 7.26. The molecular weight excluding hydrogens is 325 g/mol. The number of rotatable bonds is 7. The Balaban J connectivity index is 2.10. The number of hydrogen-bond acceptors (Lipinski definition) is 3. The van der Waals surface area contributed by atoms with Crippen molar-refractivity contribution < 1.29 is 23.8 Å². The number of benzene rings is 1. The molecule has 1 aromatic rings. The monoisotopic (exact) mass is 351 g/mol. The van der Waals surface area contributed by atoms with Crippen LogP contribution in [-0.2, 0) is 14.3 Å². The lowest BCUT2D eigenvalue weighted by molar-refractivity contribution is -0.194. The number of aliphatic carboxylic acids is 1. The summed E-state index contributed by atoms with van der Waals surface area (Å²) in [5, 5.41) is 12.4. The lowest BCUT2D eigenvalue weighted by atomic mass is 9.54. The van der Waals surface area contributed by atoms with Crippen LogP contribution in [0.5, 0.6) is 0 Å². The molecule has 6 heteroatoms. The Morgan fingerprint density at radius 1 is 1.40 bits per heavy atom. The van der Waals surface area contributed by atoms with Gasteiger partial charge in [-0.2, -0.15) is 0 Å². The van der Waals surface area contributed by atoms with Crippen molar-refractivity contribution in [2.24, 2.45) is 5.41 Å². The molecule has 3 unspecified atom stereocenters. The molecule has 1 aromatic carbocycles. The number of carboxylic acids is 1. The minimum Gasteiger partial charge on any atom is -0.479 e. The molecule has 0 aromatic heterocycles. The second kappa shape index (κ2) is 7.12. The van der Waals surface area contributed by atoms with E-state index in [2.05, 4.69) is 5.32 Å². The summed E-state index contributed by atoms with van der Waals surface area (Å²) in [6.07, 6.45) is 0.0202. The van der Waals surface area contributed by atoms with Gasteiger partial charge in [0.2, 0.25) is 5.91 Å². The predicted molar refractivity (Wildman–Crippen MR) is 91.8 cm³/mol. The van der Waals surface area contributed by atoms with E-state index in [4.69, 9.17) is 4.74 Å². The van der Waals surface area contributed by atoms with Gasteiger partial charge in [-0.1, -0.05) is 39.0 Å². The van der Waals surface area contributed by atoms with Crippen LogP contribution in [0.1, 0.15) is 52.0 Å². The van der Waals surface area contributed by atoms with Gasteiger partial charge in [0, 0.05) is 24.9 Å². The molecule has 5 nitrogen and oxygen atoms in total. The number of hydrogen-bond donors (Lipinski definition) is 2. The SMILES string of the molecule is CCOC1CC(NC(=O)CC(C)c2ccccc2F)(C(=O)O)C1(C)C. The third-order valence-corrected chi connectivity index (χ3v) is 5.41. The molecule has 1 saturated carbocycles. The van der Waals surface area contributed by atoms with Crippen LogP contribution in [0.15, 0.2) is 24.3 Å². The maximum absolute atomic E-state index is 13.9. The maximum Gasteiger partial charge on any atom is 0.330 e. The van der Waals surface area contributed by atoms with E-state index in [9.17, 15) is 19.1 Å². The number of carbonyl (C=O) groups excluding carboxylic acids is 1. The molecule has 138 valence electrons. The summed E-state index contributed by atoms with van der Waals surface area (Å²) in [6, 6.07) is 6.30. The number of nitrogens with one attached hydrogen (secondary N) is 1. The van der Waals surface area contributed by atoms with E-state index in [0.29, 0.717) is 12.2 Å². The highest BCUT2D eigenvalue weighted by molar-refractivity contribution is 5.89. The van der Waals surface area contributed by atoms with Crippen LogP contribution >= 0.6 is 0 Å². The van der Waals surface area contributed by atoms with Crippen molar-refractivity contribution in [1.82, 2.24) is 5.32 Å². The van der Waals surface area contributed by atoms with Crippen LogP contribution in [0.4, 0.5) is 4.39 Å². The van der Waals surface area contributed by atoms with E-state index in [1.165, 1.54) is 6.07 Å². The van der Waals surface area contributed by atoms with Crippen molar-refractivity contribution >= 4 is 11.9 Å². The maximum atomic E-state index is 13.9. The number of carboxylic acid groups (broad SMARTS) is 1. The van der Waals surface area contributed by atoms with Crippen LogP contribution in [0.25, 0.3) is 0 Å². The Morgan fingerprint density at radius 3 is 2.56 bits per heavy atom. The zero-order valence-electron chi connectivity index (χ0n) is 15.1. The van der Waals surface area contributed by atoms with Gasteiger partial charge in [-0.3, -0.25) is 4.79 Å². The van der Waals surface area contributed by atoms with Crippen molar-refractivity contribution in [3.8, 4) is 0 Å². The fourth-order valence-corrected chi connectivity index (χ4v) is 3.59. The zero-order valence-corrected chi connectivity index (χ0v) is 15.1. The van der Waals surface area contributed by atoms with Gasteiger partial charge in [-0.25, -0.2) is 9.18 Å². The molecule has 25 heavy (non-hydrogen) atoms. The Morgan fingerprint density at radius 2 is 2.04 bits per heavy atom. The Bertz CT molecular complexity index is 661. The average Bonchev–Trinajstić information content (AvgIpc) is 2.53. The van der Waals surface area contributed by atoms with Crippen molar-refractivity contribution in [3.63, 3.8) is 0 Å². The van der Waals surface area contributed by atoms with Crippen molar-refractivity contribution in [3.05, 3.63) is 35.6 Å². The van der Waals surface area contributed by atoms with E-state index in [1.54, 1.807) is 39.0 Å². The number of carbonyl (C=O) groups is 2. The smallest absolute Gasteiger partial charge is 0.330 e. The quantitative estimate of drug-likeness (QED) is 0.791. The summed E-state index contributed by atoms with van der Waals surface area (Å²) < 4.78 is 19.4. The van der Waals surface area contributed by atoms with E-state index >= 15 is 0 Å². The summed E-state index contributed by atoms with van der Waals surface area (Å²) in [6.45, 7) is 7.66. The summed E-state index contributed by atoms with van der Waals surface area (Å²) in [4.78, 5) is 24.3. The van der Waals surface area contributed by atoms with Gasteiger partial charge >= 0.3 is 5.97 Å². The van der Waals surface area contributed by atoms with Crippen molar-refractivity contribution in [2.45, 2.75) is 58.1 Å². The number of amides is 1. The molecular formula is C19H26FNO4. The molecule has 2 rings (SSSR count). The molecule has 0 heterocycles. The molecule has 0 aliphatic heterocycles. The molecule has 1 aliphatic rings. The molecule has 3 atom stereocenters. The highest BCUT2D eigenvalue weighted by atomic mass is 19.1. The largest absolute Gasteiger partial charge is 0.479 e. The fourth-order valence-electron chi connectivity index (χ4n) is 3.59. The van der Waals surface area contributed by atoms with E-state index < -0.39 is 22.8 Å². The van der Waals surface area contributed by atoms with Gasteiger partial charge < -0.3 is 15.2 Å². The number of halogens is 1. The fraction of sp³-hybridized carbons (Fsp3) is 0.579. The Hall–Kier alpha value is -1.95. The first kappa shape index (κ1) is 19.4. The van der Waals surface area contributed by atoms with Gasteiger partial charge in [0.25, 0.3) is 0 Å². The highest BCUT2D eigenvalue weighted by Gasteiger charge is 2.66. The first-order chi connectivity index (χ1) is 11.7. The first-order valence-corrected chi connectivity index (χ1v) is 8.56. The highest BCUT2D eigenvalue weighted by Crippen LogP contribution is 2.51. The van der Waals surface area contributed by atoms with Crippen LogP contribution in [0.2, 0.25) is 0 Å². The van der Waals surface area contributed by atoms with Gasteiger partial charge in [-0.15, -0.1) is 0 Å². The minimum atomic E-state index is -1.36. The number of ether oxygens (including phenoxy) is 1. The van der Waals surface area contributed by atoms with Crippen LogP contribution in [-0.4, -0.2) is 35.2 Å². The first-order valence-electron chi connectivity index (χ1n) is 8.56. The summed E-state index contributed by atoms with van der Waals surface area (Å²) in [5.74, 6) is -2.18. The van der Waals surface area contributed by atoms with Gasteiger partial charge in [0.05, 0.1) is 6.10 Å². The third kappa shape index (κ3) is 3.40. The predicted octanol–water partition coefficient (Wildman–Crippen LogP) is 3.09. The zero-order chi connectivity index (χ0) is 18.8. The minimum absolute atomic E-state index is 0.0192. The lowest BCUT2D eigenvalue weighted by Crippen LogP contribution is -2.76. The van der Waals surface area contributed by atoms with Crippen LogP contribution < -0.4 is 5.32 Å². The molecule has 0 radical (unpaired) electrons. The summed E-state index contributed by atoms with van der Waals surface area (Å²) in [7, 11) is 0. The molecule has 1 amide bonds. The van der Waals surface area contributed by atoms with Gasteiger partial charge in [-0.05, 0) is 24.5 Å². The van der Waals surface area contributed by atoms with E-state index in [0.717, 1.165) is 0 Å². The van der Waals surface area contributed by atoms with Crippen LogP contribution in [0, 0.1) is 11.2 Å². The normalized spacial score (nSPS) is 25.7. The lowest BCUT2D eigenvalue weighted by Gasteiger charge is -2.58. The van der Waals surface area contributed by atoms with Crippen molar-refractivity contribution in [2.75, 3.05) is 6.61 Å². The molecule has 1 aliphatic carbocycles. The molecule has 0 bridgehead atoms. The molecule has 0 spiro atoms. The summed E-state index contributed by atoms with van der Waals surface area (Å²) in [5.41, 5.74) is -1.65. The standard InChI is InChI=1S/C19H26FNO4/c1-5-25-15-11-19(17(23)24,18(15,3)4)21-16(22)10-12(2)13-8-6-7-9-14(13)20/h6-9,12,15H,5,10-11H2,1-4H3,(H,21,22)(H,23,24). The second-order valence-corrected chi connectivity index (χ2v) is 7.26. The molecule has 1 fully saturated rings. The average molecular weight is 351 g/mol. The third-order valence-electron chi connectivity index (χ3n) is 5.41. The Labute approximate surface area is 147 Å². The topological polar surface area (TPSA) is 75.6 Å². The van der Waals surface area contributed by atoms with Crippen LogP contribution in [0.3, 0.4) is 0 Å². The van der Waals surface area contributed by atoms with Gasteiger partial charge in [0.15, 0.2) is 0 Å². The van der Waals surface area contributed by atoms with Gasteiger partial charge in [0.1, 0.15) is 11.4 Å². The Kier molecular flexibility index (Phi) is 5.52. The van der Waals surface area contributed by atoms with E-state index in [-0.39, 0.29) is 30.7 Å². The summed E-state index contributed by atoms with van der Waals surface area (Å²) >= 11 is 0. The van der Waals surface area contributed by atoms with E-state index in [1.807, 2.05) is 6.92 Å². The molecule has 2 N–H and O–H groups in total.